The first kappa shape index (κ1) is 21.0. The van der Waals surface area contributed by atoms with Crippen molar-refractivity contribution in [1.29, 1.82) is 0 Å². The molecule has 6 nitrogen and oxygen atoms in total. The summed E-state index contributed by atoms with van der Waals surface area (Å²) in [6.07, 6.45) is 0. The van der Waals surface area contributed by atoms with E-state index in [1.807, 2.05) is 37.3 Å². The van der Waals surface area contributed by atoms with Crippen LogP contribution >= 0.6 is 34.9 Å². The van der Waals surface area contributed by atoms with Crippen molar-refractivity contribution in [2.75, 3.05) is 24.9 Å². The number of methoxy groups -OCH3 is 2. The lowest BCUT2D eigenvalue weighted by Crippen LogP contribution is -2.21. The highest BCUT2D eigenvalue weighted by molar-refractivity contribution is 7.80. The Kier molecular flexibility index (Phi) is 6.63. The summed E-state index contributed by atoms with van der Waals surface area (Å²) in [5.41, 5.74) is 2.68. The predicted molar refractivity (Wildman–Crippen MR) is 121 cm³/mol. The molecule has 0 aliphatic carbocycles. The first-order chi connectivity index (χ1) is 14.0. The fourth-order valence-corrected chi connectivity index (χ4v) is 4.91. The minimum absolute atomic E-state index is 0.250. The minimum Gasteiger partial charge on any atom is -0.465 e. The molecule has 0 amide bonds. The molecular weight excluding hydrogens is 428 g/mol. The van der Waals surface area contributed by atoms with Crippen LogP contribution in [0.5, 0.6) is 0 Å². The quantitative estimate of drug-likeness (QED) is 0.414. The highest BCUT2D eigenvalue weighted by Gasteiger charge is 2.25. The molecule has 29 heavy (non-hydrogen) atoms. The Labute approximate surface area is 181 Å². The number of thiophene rings is 2. The lowest BCUT2D eigenvalue weighted by molar-refractivity contribution is 0.0596. The van der Waals surface area contributed by atoms with E-state index in [-0.39, 0.29) is 5.11 Å². The van der Waals surface area contributed by atoms with Crippen molar-refractivity contribution in [3.63, 3.8) is 0 Å². The van der Waals surface area contributed by atoms with Gasteiger partial charge in [-0.15, -0.1) is 22.7 Å². The molecule has 0 bridgehead atoms. The van der Waals surface area contributed by atoms with Gasteiger partial charge in [-0.25, -0.2) is 9.59 Å². The number of thiocarbonyl (C=S) groups is 1. The summed E-state index contributed by atoms with van der Waals surface area (Å²) >= 11 is 8.06. The maximum absolute atomic E-state index is 12.5. The second-order valence-electron chi connectivity index (χ2n) is 5.83. The molecule has 1 aromatic carbocycles. The van der Waals surface area contributed by atoms with Crippen LogP contribution in [-0.4, -0.2) is 31.3 Å². The molecule has 0 saturated heterocycles. The van der Waals surface area contributed by atoms with E-state index < -0.39 is 11.9 Å². The third-order valence-corrected chi connectivity index (χ3v) is 6.17. The van der Waals surface area contributed by atoms with E-state index in [4.69, 9.17) is 21.7 Å². The Morgan fingerprint density at radius 1 is 1.00 bits per heavy atom. The van der Waals surface area contributed by atoms with Gasteiger partial charge in [0, 0.05) is 10.4 Å². The van der Waals surface area contributed by atoms with Crippen LogP contribution in [0.2, 0.25) is 0 Å². The van der Waals surface area contributed by atoms with Crippen molar-refractivity contribution in [1.82, 2.24) is 0 Å². The van der Waals surface area contributed by atoms with Gasteiger partial charge in [0.25, 0.3) is 0 Å². The van der Waals surface area contributed by atoms with Crippen molar-refractivity contribution in [2.24, 2.45) is 0 Å². The summed E-state index contributed by atoms with van der Waals surface area (Å²) in [4.78, 5) is 25.8. The van der Waals surface area contributed by atoms with E-state index >= 15 is 0 Å². The topological polar surface area (TPSA) is 76.7 Å². The Balaban J connectivity index is 1.91. The Bertz CT molecular complexity index is 1060. The highest BCUT2D eigenvalue weighted by Crippen LogP contribution is 2.40. The van der Waals surface area contributed by atoms with Gasteiger partial charge in [-0.1, -0.05) is 30.3 Å². The Hall–Kier alpha value is -2.75. The molecule has 2 N–H and O–H groups in total. The monoisotopic (exact) mass is 446 g/mol. The summed E-state index contributed by atoms with van der Waals surface area (Å²) < 4.78 is 9.79. The van der Waals surface area contributed by atoms with Crippen LogP contribution in [0.25, 0.3) is 11.1 Å². The van der Waals surface area contributed by atoms with Gasteiger partial charge in [-0.05, 0) is 36.2 Å². The van der Waals surface area contributed by atoms with Gasteiger partial charge in [0.2, 0.25) is 0 Å². The van der Waals surface area contributed by atoms with Gasteiger partial charge in [-0.2, -0.15) is 0 Å². The molecule has 0 atom stereocenters. The number of anilines is 2. The first-order valence-electron chi connectivity index (χ1n) is 8.47. The molecule has 9 heteroatoms. The third-order valence-electron chi connectivity index (χ3n) is 4.05. The summed E-state index contributed by atoms with van der Waals surface area (Å²) in [5, 5.41) is 8.64. The maximum Gasteiger partial charge on any atom is 0.350 e. The molecule has 2 heterocycles. The molecule has 0 unspecified atom stereocenters. The van der Waals surface area contributed by atoms with Crippen LogP contribution in [0, 0.1) is 6.92 Å². The van der Waals surface area contributed by atoms with Crippen LogP contribution in [0.4, 0.5) is 10.7 Å². The van der Waals surface area contributed by atoms with Gasteiger partial charge in [0.05, 0.1) is 19.9 Å². The Morgan fingerprint density at radius 2 is 1.69 bits per heavy atom. The number of ether oxygens (including phenoxy) is 2. The maximum atomic E-state index is 12.5. The molecule has 0 aliphatic rings. The molecule has 0 aliphatic heterocycles. The zero-order valence-electron chi connectivity index (χ0n) is 15.9. The van der Waals surface area contributed by atoms with Crippen molar-refractivity contribution in [3.05, 3.63) is 57.1 Å². The normalized spacial score (nSPS) is 10.3. The number of carbonyl (C=O) groups excluding carboxylic acids is 2. The molecule has 150 valence electrons. The summed E-state index contributed by atoms with van der Waals surface area (Å²) in [7, 11) is 2.67. The van der Waals surface area contributed by atoms with E-state index in [0.29, 0.717) is 21.1 Å². The fraction of sp³-hybridized carbons (Fsp3) is 0.150. The number of hydrogen-bond donors (Lipinski definition) is 2. The van der Waals surface area contributed by atoms with Crippen LogP contribution in [0.3, 0.4) is 0 Å². The largest absolute Gasteiger partial charge is 0.465 e. The van der Waals surface area contributed by atoms with Gasteiger partial charge >= 0.3 is 11.9 Å². The van der Waals surface area contributed by atoms with Crippen LogP contribution in [-0.2, 0) is 9.47 Å². The van der Waals surface area contributed by atoms with Crippen molar-refractivity contribution < 1.29 is 19.1 Å². The lowest BCUT2D eigenvalue weighted by Gasteiger charge is -2.11. The van der Waals surface area contributed by atoms with Gasteiger partial charge in [0.15, 0.2) is 5.11 Å². The molecule has 0 fully saturated rings. The van der Waals surface area contributed by atoms with E-state index in [0.717, 1.165) is 16.0 Å². The van der Waals surface area contributed by atoms with E-state index in [1.165, 1.54) is 36.9 Å². The second-order valence-corrected chi connectivity index (χ2v) is 8.38. The second kappa shape index (κ2) is 9.17. The number of carbonyl (C=O) groups is 2. The minimum atomic E-state index is -0.454. The number of rotatable bonds is 5. The summed E-state index contributed by atoms with van der Waals surface area (Å²) in [6.45, 7) is 1.94. The van der Waals surface area contributed by atoms with E-state index in [2.05, 4.69) is 10.6 Å². The lowest BCUT2D eigenvalue weighted by atomic mass is 10.0. The van der Waals surface area contributed by atoms with E-state index in [1.54, 1.807) is 11.4 Å². The first-order valence-corrected chi connectivity index (χ1v) is 10.6. The molecule has 0 radical (unpaired) electrons. The smallest absolute Gasteiger partial charge is 0.350 e. The average Bonchev–Trinajstić information content (AvgIpc) is 3.31. The standard InChI is InChI=1S/C20H18N2O4S3/c1-11-14(12-7-5-4-6-8-12)15(18(23)25-2)17(29-11)22-20(27)21-13-9-10-28-16(13)19(24)26-3/h4-10H,1-3H3,(H2,21,22,27). The van der Waals surface area contributed by atoms with Gasteiger partial charge < -0.3 is 20.1 Å². The number of benzene rings is 1. The molecule has 3 aromatic rings. The molecule has 3 rings (SSSR count). The number of esters is 2. The zero-order chi connectivity index (χ0) is 21.0. The van der Waals surface area contributed by atoms with Gasteiger partial charge in [0.1, 0.15) is 15.4 Å². The molecular formula is C20H18N2O4S3. The van der Waals surface area contributed by atoms with Gasteiger partial charge in [-0.3, -0.25) is 0 Å². The number of hydrogen-bond acceptors (Lipinski definition) is 7. The molecule has 2 aromatic heterocycles. The van der Waals surface area contributed by atoms with Crippen molar-refractivity contribution in [2.45, 2.75) is 6.92 Å². The SMILES string of the molecule is COC(=O)c1sccc1NC(=S)Nc1sc(C)c(-c2ccccc2)c1C(=O)OC. The number of nitrogens with one attached hydrogen (secondary N) is 2. The predicted octanol–water partition coefficient (Wildman–Crippen LogP) is 5.17. The van der Waals surface area contributed by atoms with Crippen LogP contribution in [0.1, 0.15) is 24.9 Å². The Morgan fingerprint density at radius 3 is 2.34 bits per heavy atom. The molecule has 0 saturated carbocycles. The fourth-order valence-electron chi connectivity index (χ4n) is 2.80. The zero-order valence-corrected chi connectivity index (χ0v) is 18.3. The third kappa shape index (κ3) is 4.47. The van der Waals surface area contributed by atoms with Crippen LogP contribution in [0.15, 0.2) is 41.8 Å². The van der Waals surface area contributed by atoms with Crippen molar-refractivity contribution in [3.8, 4) is 11.1 Å². The highest BCUT2D eigenvalue weighted by atomic mass is 32.1. The summed E-state index contributed by atoms with van der Waals surface area (Å²) in [6, 6.07) is 11.4. The van der Waals surface area contributed by atoms with E-state index in [9.17, 15) is 9.59 Å². The summed E-state index contributed by atoms with van der Waals surface area (Å²) in [5.74, 6) is -0.900. The average molecular weight is 447 g/mol. The molecule has 0 spiro atoms. The number of aryl methyl sites for hydroxylation is 1. The van der Waals surface area contributed by atoms with Crippen LogP contribution < -0.4 is 10.6 Å². The van der Waals surface area contributed by atoms with Crippen molar-refractivity contribution >= 4 is 62.6 Å².